The lowest BCUT2D eigenvalue weighted by atomic mass is 10.3. The molecule has 1 aliphatic rings. The molecule has 0 aliphatic carbocycles. The predicted molar refractivity (Wildman–Crippen MR) is 72.0 cm³/mol. The van der Waals surface area contributed by atoms with Gasteiger partial charge in [0.1, 0.15) is 5.71 Å². The van der Waals surface area contributed by atoms with E-state index in [4.69, 9.17) is 0 Å². The normalized spacial score (nSPS) is 15.0. The van der Waals surface area contributed by atoms with E-state index in [0.29, 0.717) is 10.6 Å². The Morgan fingerprint density at radius 1 is 1.23 bits per heavy atom. The smallest absolute Gasteiger partial charge is 0.323 e. The molecule has 1 aliphatic heterocycles. The largest absolute Gasteiger partial charge is 0.379 e. The average Bonchev–Trinajstić information content (AvgIpc) is 2.84. The molecule has 9 nitrogen and oxygen atoms in total. The number of amides is 3. The maximum absolute atomic E-state index is 11.7. The molecule has 114 valence electrons. The van der Waals surface area contributed by atoms with Crippen molar-refractivity contribution < 1.29 is 24.0 Å². The summed E-state index contributed by atoms with van der Waals surface area (Å²) in [6, 6.07) is 2.94. The molecule has 1 aromatic heterocycles. The number of hydroxylamine groups is 2. The number of pyridine rings is 1. The molecule has 0 bridgehead atoms. The van der Waals surface area contributed by atoms with Gasteiger partial charge in [-0.2, -0.15) is 5.10 Å². The molecule has 22 heavy (non-hydrogen) atoms. The van der Waals surface area contributed by atoms with Crippen LogP contribution in [0.4, 0.5) is 0 Å². The molecule has 2 heterocycles. The summed E-state index contributed by atoms with van der Waals surface area (Å²) in [6.45, 7) is 1.28. The van der Waals surface area contributed by atoms with Gasteiger partial charge in [0.25, 0.3) is 17.7 Å². The first-order chi connectivity index (χ1) is 10.5. The lowest BCUT2D eigenvalue weighted by Gasteiger charge is -2.12. The van der Waals surface area contributed by atoms with Gasteiger partial charge in [0.05, 0.1) is 0 Å². The number of carbonyl (C=O) groups excluding carboxylic acids is 4. The van der Waals surface area contributed by atoms with E-state index in [1.807, 2.05) is 0 Å². The van der Waals surface area contributed by atoms with E-state index in [2.05, 4.69) is 20.3 Å². The fourth-order valence-electron chi connectivity index (χ4n) is 1.55. The highest BCUT2D eigenvalue weighted by Crippen LogP contribution is 2.12. The fourth-order valence-corrected chi connectivity index (χ4v) is 1.55. The molecule has 9 heteroatoms. The number of rotatable bonds is 4. The van der Waals surface area contributed by atoms with Gasteiger partial charge in [-0.3, -0.25) is 19.4 Å². The third kappa shape index (κ3) is 3.51. The van der Waals surface area contributed by atoms with Crippen LogP contribution in [-0.2, 0) is 19.2 Å². The van der Waals surface area contributed by atoms with Crippen LogP contribution >= 0.6 is 0 Å². The third-order valence-corrected chi connectivity index (χ3v) is 2.74. The molecule has 0 spiro atoms. The molecular formula is C13H12N4O5. The molecule has 0 atom stereocenters. The quantitative estimate of drug-likeness (QED) is 0.467. The van der Waals surface area contributed by atoms with Crippen molar-refractivity contribution in [3.8, 4) is 0 Å². The molecule has 0 unspecified atom stereocenters. The second kappa shape index (κ2) is 6.57. The number of nitrogens with one attached hydrogen (secondary N) is 1. The van der Waals surface area contributed by atoms with Crippen LogP contribution in [0.1, 0.15) is 30.1 Å². The summed E-state index contributed by atoms with van der Waals surface area (Å²) < 4.78 is 0. The van der Waals surface area contributed by atoms with Crippen molar-refractivity contribution >= 4 is 29.4 Å². The van der Waals surface area contributed by atoms with E-state index >= 15 is 0 Å². The number of hydrogen-bond donors (Lipinski definition) is 1. The Bertz CT molecular complexity index is 640. The SMILES string of the molecule is C/C(=N/NC(=O)c1ccncc1)C(=O)ON1C(=O)CCC1=O. The van der Waals surface area contributed by atoms with Crippen molar-refractivity contribution in [2.45, 2.75) is 19.8 Å². The molecule has 1 N–H and O–H groups in total. The van der Waals surface area contributed by atoms with Crippen LogP contribution in [0.2, 0.25) is 0 Å². The highest BCUT2D eigenvalue weighted by molar-refractivity contribution is 6.35. The first-order valence-corrected chi connectivity index (χ1v) is 6.32. The number of imide groups is 1. The van der Waals surface area contributed by atoms with Crippen molar-refractivity contribution in [1.82, 2.24) is 15.5 Å². The van der Waals surface area contributed by atoms with E-state index in [0.717, 1.165) is 0 Å². The average molecular weight is 304 g/mol. The summed E-state index contributed by atoms with van der Waals surface area (Å²) in [5.41, 5.74) is 2.26. The minimum absolute atomic E-state index is 0.00107. The number of carbonyl (C=O) groups is 4. The van der Waals surface area contributed by atoms with Crippen LogP contribution < -0.4 is 5.43 Å². The lowest BCUT2D eigenvalue weighted by Crippen LogP contribution is -2.35. The highest BCUT2D eigenvalue weighted by atomic mass is 16.7. The van der Waals surface area contributed by atoms with Crippen molar-refractivity contribution in [2.75, 3.05) is 0 Å². The van der Waals surface area contributed by atoms with Gasteiger partial charge < -0.3 is 4.84 Å². The molecule has 0 aromatic carbocycles. The summed E-state index contributed by atoms with van der Waals surface area (Å²) in [6.07, 6.45) is 2.87. The molecule has 3 amide bonds. The topological polar surface area (TPSA) is 118 Å². The van der Waals surface area contributed by atoms with E-state index in [9.17, 15) is 19.2 Å². The van der Waals surface area contributed by atoms with Crippen molar-refractivity contribution in [3.63, 3.8) is 0 Å². The molecule has 0 radical (unpaired) electrons. The zero-order chi connectivity index (χ0) is 16.1. The Hall–Kier alpha value is -3.10. The summed E-state index contributed by atoms with van der Waals surface area (Å²) >= 11 is 0. The molecule has 1 aromatic rings. The van der Waals surface area contributed by atoms with Gasteiger partial charge >= 0.3 is 5.97 Å². The van der Waals surface area contributed by atoms with Gasteiger partial charge in [-0.25, -0.2) is 10.2 Å². The third-order valence-electron chi connectivity index (χ3n) is 2.74. The maximum Gasteiger partial charge on any atom is 0.379 e. The number of hydrazone groups is 1. The fraction of sp³-hybridized carbons (Fsp3) is 0.231. The van der Waals surface area contributed by atoms with Crippen molar-refractivity contribution in [3.05, 3.63) is 30.1 Å². The zero-order valence-corrected chi connectivity index (χ0v) is 11.6. The van der Waals surface area contributed by atoms with Gasteiger partial charge in [-0.05, 0) is 19.1 Å². The Kier molecular flexibility index (Phi) is 4.57. The Balaban J connectivity index is 1.94. The van der Waals surface area contributed by atoms with Crippen molar-refractivity contribution in [1.29, 1.82) is 0 Å². The van der Waals surface area contributed by atoms with Gasteiger partial charge in [-0.15, -0.1) is 5.06 Å². The minimum atomic E-state index is -1.00. The zero-order valence-electron chi connectivity index (χ0n) is 11.6. The van der Waals surface area contributed by atoms with Gasteiger partial charge in [0.15, 0.2) is 0 Å². The second-order valence-electron chi connectivity index (χ2n) is 4.33. The van der Waals surface area contributed by atoms with Crippen LogP contribution in [0.15, 0.2) is 29.6 Å². The summed E-state index contributed by atoms with van der Waals surface area (Å²) in [5, 5.41) is 3.97. The Morgan fingerprint density at radius 3 is 2.41 bits per heavy atom. The van der Waals surface area contributed by atoms with E-state index in [1.165, 1.54) is 31.5 Å². The lowest BCUT2D eigenvalue weighted by molar-refractivity contribution is -0.192. The van der Waals surface area contributed by atoms with Crippen LogP contribution in [0.3, 0.4) is 0 Å². The van der Waals surface area contributed by atoms with Crippen LogP contribution in [0.5, 0.6) is 0 Å². The summed E-state index contributed by atoms with van der Waals surface area (Å²) in [4.78, 5) is 54.4. The number of aromatic nitrogens is 1. The van der Waals surface area contributed by atoms with Gasteiger partial charge in [0, 0.05) is 30.8 Å². The predicted octanol–water partition coefficient (Wildman–Crippen LogP) is -0.206. The van der Waals surface area contributed by atoms with Crippen LogP contribution in [-0.4, -0.2) is 39.4 Å². The van der Waals surface area contributed by atoms with Crippen LogP contribution in [0, 0.1) is 0 Å². The van der Waals surface area contributed by atoms with Crippen LogP contribution in [0.25, 0.3) is 0 Å². The Morgan fingerprint density at radius 2 is 1.82 bits per heavy atom. The standard InChI is InChI=1S/C13H12N4O5/c1-8(13(21)22-17-10(18)2-3-11(17)19)15-16-12(20)9-4-6-14-7-5-9/h4-7H,2-3H2,1H3,(H,16,20)/b15-8-. The molecule has 0 saturated carbocycles. The monoisotopic (exact) mass is 304 g/mol. The maximum atomic E-state index is 11.7. The van der Waals surface area contributed by atoms with Gasteiger partial charge in [0.2, 0.25) is 0 Å². The van der Waals surface area contributed by atoms with Gasteiger partial charge in [-0.1, -0.05) is 0 Å². The Labute approximate surface area is 124 Å². The first kappa shape index (κ1) is 15.3. The molecule has 1 saturated heterocycles. The minimum Gasteiger partial charge on any atom is -0.323 e. The summed E-state index contributed by atoms with van der Waals surface area (Å²) in [7, 11) is 0. The van der Waals surface area contributed by atoms with Crippen molar-refractivity contribution in [2.24, 2.45) is 5.10 Å². The van der Waals surface area contributed by atoms with E-state index in [-0.39, 0.29) is 18.6 Å². The number of nitrogens with zero attached hydrogens (tertiary/aromatic N) is 3. The van der Waals surface area contributed by atoms with E-state index < -0.39 is 23.7 Å². The second-order valence-corrected chi connectivity index (χ2v) is 4.33. The first-order valence-electron chi connectivity index (χ1n) is 6.32. The number of hydrogen-bond acceptors (Lipinski definition) is 7. The van der Waals surface area contributed by atoms with E-state index in [1.54, 1.807) is 0 Å². The highest BCUT2D eigenvalue weighted by Gasteiger charge is 2.33. The molecular weight excluding hydrogens is 292 g/mol. The molecule has 2 rings (SSSR count). The summed E-state index contributed by atoms with van der Waals surface area (Å²) in [5.74, 6) is -2.72. The molecule has 1 fully saturated rings.